The molecule has 0 bridgehead atoms. The van der Waals surface area contributed by atoms with Crippen molar-refractivity contribution in [3.05, 3.63) is 0 Å². The smallest absolute Gasteiger partial charge is 0.160 e. The molecule has 29 heavy (non-hydrogen) atoms. The minimum atomic E-state index is -0.0542. The average Bonchev–Trinajstić information content (AvgIpc) is 2.69. The van der Waals surface area contributed by atoms with Crippen molar-refractivity contribution in [2.24, 2.45) is 5.90 Å². The van der Waals surface area contributed by atoms with Crippen LogP contribution in [0.1, 0.15) is 26.2 Å². The number of nitrogens with two attached hydrogens (primary N) is 1. The highest BCUT2D eigenvalue weighted by atomic mass is 16.6. The summed E-state index contributed by atoms with van der Waals surface area (Å²) in [6.45, 7) is 7.32. The maximum Gasteiger partial charge on any atom is 0.160 e. The molecule has 0 heterocycles. The van der Waals surface area contributed by atoms with Crippen LogP contribution >= 0.6 is 0 Å². The van der Waals surface area contributed by atoms with E-state index in [1.165, 1.54) is 0 Å². The van der Waals surface area contributed by atoms with E-state index in [4.69, 9.17) is 34.3 Å². The predicted molar refractivity (Wildman–Crippen MR) is 105 cm³/mol. The van der Waals surface area contributed by atoms with Crippen molar-refractivity contribution >= 4 is 11.6 Å². The molecule has 0 aliphatic rings. The highest BCUT2D eigenvalue weighted by molar-refractivity contribution is 5.79. The molecule has 2 N–H and O–H groups in total. The van der Waals surface area contributed by atoms with Crippen molar-refractivity contribution in [2.75, 3.05) is 85.9 Å². The third kappa shape index (κ3) is 25.0. The Morgan fingerprint density at radius 1 is 0.586 bits per heavy atom. The molecule has 0 radical (unpaired) electrons. The molecule has 0 aromatic rings. The van der Waals surface area contributed by atoms with Crippen molar-refractivity contribution < 1.29 is 42.8 Å². The van der Waals surface area contributed by atoms with Crippen molar-refractivity contribution in [1.29, 1.82) is 0 Å². The summed E-state index contributed by atoms with van der Waals surface area (Å²) in [7, 11) is 0. The van der Waals surface area contributed by atoms with Gasteiger partial charge >= 0.3 is 0 Å². The largest absolute Gasteiger partial charge is 0.379 e. The Morgan fingerprint density at radius 2 is 0.966 bits per heavy atom. The van der Waals surface area contributed by atoms with Crippen LogP contribution in [0.15, 0.2) is 0 Å². The SMILES string of the molecule is CC(=O)CCOCCOCCOCCOCCOCCOCCCC(=O)CON. The molecule has 0 aromatic heterocycles. The molecule has 0 unspecified atom stereocenters. The van der Waals surface area contributed by atoms with Crippen molar-refractivity contribution in [3.8, 4) is 0 Å². The fraction of sp³-hybridized carbons (Fsp3) is 0.895. The highest BCUT2D eigenvalue weighted by Gasteiger charge is 2.00. The number of Topliss-reactive ketones (excluding diaryl/α,β-unsaturated/α-hetero) is 2. The zero-order valence-corrected chi connectivity index (χ0v) is 17.6. The molecular weight excluding hydrogens is 386 g/mol. The quantitative estimate of drug-likeness (QED) is 0.171. The minimum absolute atomic E-state index is 0.0342. The molecule has 0 spiro atoms. The normalized spacial score (nSPS) is 11.1. The van der Waals surface area contributed by atoms with Gasteiger partial charge < -0.3 is 28.4 Å². The van der Waals surface area contributed by atoms with Gasteiger partial charge in [-0.05, 0) is 13.3 Å². The van der Waals surface area contributed by atoms with Gasteiger partial charge in [0.15, 0.2) is 5.78 Å². The van der Waals surface area contributed by atoms with Crippen LogP contribution < -0.4 is 5.90 Å². The molecule has 0 atom stereocenters. The van der Waals surface area contributed by atoms with E-state index in [0.717, 1.165) is 0 Å². The fourth-order valence-electron chi connectivity index (χ4n) is 1.95. The van der Waals surface area contributed by atoms with Gasteiger partial charge in [0.25, 0.3) is 0 Å². The summed E-state index contributed by atoms with van der Waals surface area (Å²) in [5, 5.41) is 0. The molecule has 10 nitrogen and oxygen atoms in total. The van der Waals surface area contributed by atoms with Gasteiger partial charge in [0.05, 0.1) is 72.7 Å². The summed E-state index contributed by atoms with van der Waals surface area (Å²) in [6, 6.07) is 0. The monoisotopic (exact) mass is 423 g/mol. The van der Waals surface area contributed by atoms with Crippen LogP contribution in [-0.4, -0.2) is 97.5 Å². The molecule has 0 rings (SSSR count). The first-order chi connectivity index (χ1) is 14.2. The molecule has 10 heteroatoms. The lowest BCUT2D eigenvalue weighted by atomic mass is 10.2. The summed E-state index contributed by atoms with van der Waals surface area (Å²) in [5.41, 5.74) is 0. The molecule has 0 amide bonds. The van der Waals surface area contributed by atoms with Gasteiger partial charge in [-0.15, -0.1) is 0 Å². The van der Waals surface area contributed by atoms with Gasteiger partial charge in [-0.2, -0.15) is 0 Å². The third-order valence-corrected chi connectivity index (χ3v) is 3.45. The van der Waals surface area contributed by atoms with E-state index in [1.807, 2.05) is 0 Å². The number of rotatable bonds is 24. The Morgan fingerprint density at radius 3 is 1.34 bits per heavy atom. The number of ether oxygens (including phenoxy) is 6. The Hall–Kier alpha value is -0.980. The van der Waals surface area contributed by atoms with Crippen LogP contribution in [0.4, 0.5) is 0 Å². The Bertz CT molecular complexity index is 383. The minimum Gasteiger partial charge on any atom is -0.379 e. The maximum atomic E-state index is 11.1. The lowest BCUT2D eigenvalue weighted by Gasteiger charge is -2.08. The number of hydrogen-bond donors (Lipinski definition) is 1. The van der Waals surface area contributed by atoms with Gasteiger partial charge in [-0.25, -0.2) is 5.90 Å². The highest BCUT2D eigenvalue weighted by Crippen LogP contribution is 1.92. The summed E-state index contributed by atoms with van der Waals surface area (Å²) in [6.07, 6.45) is 1.49. The summed E-state index contributed by atoms with van der Waals surface area (Å²) in [5.74, 6) is 4.90. The summed E-state index contributed by atoms with van der Waals surface area (Å²) >= 11 is 0. The molecule has 0 aliphatic heterocycles. The standard InChI is InChI=1S/C19H37NO9/c1-18(21)4-6-24-8-10-26-12-14-28-16-15-27-13-11-25-9-7-23-5-2-3-19(22)17-29-20/h2-17,20H2,1H3. The van der Waals surface area contributed by atoms with Crippen LogP contribution in [0, 0.1) is 0 Å². The van der Waals surface area contributed by atoms with Gasteiger partial charge in [0.1, 0.15) is 12.4 Å². The molecule has 0 aromatic carbocycles. The van der Waals surface area contributed by atoms with E-state index < -0.39 is 0 Å². The van der Waals surface area contributed by atoms with Crippen LogP contribution in [0.2, 0.25) is 0 Å². The second kappa shape index (κ2) is 23.3. The lowest BCUT2D eigenvalue weighted by Crippen LogP contribution is -2.14. The molecule has 172 valence electrons. The van der Waals surface area contributed by atoms with Gasteiger partial charge in [0, 0.05) is 19.4 Å². The number of carbonyl (C=O) groups is 2. The predicted octanol–water partition coefficient (Wildman–Crippen LogP) is 0.305. The molecule has 0 saturated carbocycles. The second-order valence-corrected chi connectivity index (χ2v) is 6.08. The zero-order chi connectivity index (χ0) is 21.4. The molecular formula is C19H37NO9. The van der Waals surface area contributed by atoms with E-state index >= 15 is 0 Å². The fourth-order valence-corrected chi connectivity index (χ4v) is 1.95. The van der Waals surface area contributed by atoms with E-state index in [0.29, 0.717) is 98.5 Å². The summed E-state index contributed by atoms with van der Waals surface area (Å²) < 4.78 is 32.0. The first kappa shape index (κ1) is 28.0. The summed E-state index contributed by atoms with van der Waals surface area (Å²) in [4.78, 5) is 26.1. The first-order valence-corrected chi connectivity index (χ1v) is 9.96. The van der Waals surface area contributed by atoms with Crippen molar-refractivity contribution in [1.82, 2.24) is 0 Å². The van der Waals surface area contributed by atoms with Crippen molar-refractivity contribution in [3.63, 3.8) is 0 Å². The van der Waals surface area contributed by atoms with Gasteiger partial charge in [-0.1, -0.05) is 0 Å². The van der Waals surface area contributed by atoms with E-state index in [-0.39, 0.29) is 18.2 Å². The average molecular weight is 424 g/mol. The molecule has 0 saturated heterocycles. The Balaban J connectivity index is 3.05. The van der Waals surface area contributed by atoms with Gasteiger partial charge in [0.2, 0.25) is 0 Å². The first-order valence-electron chi connectivity index (χ1n) is 9.96. The maximum absolute atomic E-state index is 11.1. The van der Waals surface area contributed by atoms with Crippen molar-refractivity contribution in [2.45, 2.75) is 26.2 Å². The zero-order valence-electron chi connectivity index (χ0n) is 17.6. The Kier molecular flexibility index (Phi) is 22.5. The van der Waals surface area contributed by atoms with Crippen LogP contribution in [-0.2, 0) is 42.8 Å². The Labute approximate surface area is 173 Å². The lowest BCUT2D eigenvalue weighted by molar-refractivity contribution is -0.124. The number of ketones is 2. The van der Waals surface area contributed by atoms with E-state index in [1.54, 1.807) is 6.92 Å². The third-order valence-electron chi connectivity index (χ3n) is 3.45. The second-order valence-electron chi connectivity index (χ2n) is 6.08. The van der Waals surface area contributed by atoms with Gasteiger partial charge in [-0.3, -0.25) is 14.4 Å². The molecule has 0 aliphatic carbocycles. The number of carbonyl (C=O) groups excluding carboxylic acids is 2. The van der Waals surface area contributed by atoms with Crippen LogP contribution in [0.5, 0.6) is 0 Å². The van der Waals surface area contributed by atoms with E-state index in [2.05, 4.69) is 4.84 Å². The van der Waals surface area contributed by atoms with Crippen LogP contribution in [0.3, 0.4) is 0 Å². The van der Waals surface area contributed by atoms with Crippen LogP contribution in [0.25, 0.3) is 0 Å². The number of hydrogen-bond acceptors (Lipinski definition) is 10. The molecule has 0 fully saturated rings. The van der Waals surface area contributed by atoms with E-state index in [9.17, 15) is 9.59 Å². The topological polar surface area (TPSA) is 125 Å².